The van der Waals surface area contributed by atoms with Gasteiger partial charge in [-0.1, -0.05) is 35.0 Å². The van der Waals surface area contributed by atoms with Gasteiger partial charge in [0, 0.05) is 5.69 Å². The number of carbonyl (C=O) groups excluding carboxylic acids is 1. The molecule has 0 radical (unpaired) electrons. The second-order valence-electron chi connectivity index (χ2n) is 3.89. The molecular weight excluding hydrogens is 334 g/mol. The quantitative estimate of drug-likeness (QED) is 0.816. The van der Waals surface area contributed by atoms with Crippen LogP contribution in [0.1, 0.15) is 15.9 Å². The Hall–Kier alpha value is -1.58. The molecule has 21 heavy (non-hydrogen) atoms. The zero-order valence-electron chi connectivity index (χ0n) is 10.5. The van der Waals surface area contributed by atoms with Crippen LogP contribution in [0.3, 0.4) is 0 Å². The number of benzene rings is 1. The summed E-state index contributed by atoms with van der Waals surface area (Å²) in [5.74, 6) is 4.25. The monoisotopic (exact) mass is 342 g/mol. The smallest absolute Gasteiger partial charge is 0.258 e. The molecule has 0 aliphatic heterocycles. The Balaban J connectivity index is 2.23. The maximum Gasteiger partial charge on any atom is 0.258 e. The first kappa shape index (κ1) is 15.8. The molecule has 1 aromatic heterocycles. The van der Waals surface area contributed by atoms with Gasteiger partial charge in [-0.15, -0.1) is 11.3 Å². The molecule has 2 rings (SSSR count). The van der Waals surface area contributed by atoms with Crippen LogP contribution in [0.15, 0.2) is 24.3 Å². The summed E-state index contributed by atoms with van der Waals surface area (Å²) in [6.45, 7) is 0.124. The van der Waals surface area contributed by atoms with Gasteiger partial charge in [-0.3, -0.25) is 4.79 Å². The van der Waals surface area contributed by atoms with Crippen molar-refractivity contribution in [2.24, 2.45) is 5.73 Å². The number of rotatable bonds is 2. The summed E-state index contributed by atoms with van der Waals surface area (Å²) in [5, 5.41) is 2.62. The van der Waals surface area contributed by atoms with E-state index in [2.05, 4.69) is 17.2 Å². The maximum atomic E-state index is 13.5. The van der Waals surface area contributed by atoms with Crippen LogP contribution in [-0.4, -0.2) is 12.5 Å². The molecule has 3 N–H and O–H groups in total. The van der Waals surface area contributed by atoms with E-state index in [9.17, 15) is 9.18 Å². The Morgan fingerprint density at radius 1 is 1.38 bits per heavy atom. The van der Waals surface area contributed by atoms with Crippen LogP contribution in [0.5, 0.6) is 0 Å². The van der Waals surface area contributed by atoms with E-state index < -0.39 is 11.7 Å². The van der Waals surface area contributed by atoms with Gasteiger partial charge in [-0.2, -0.15) is 0 Å². The number of nitrogens with two attached hydrogens (primary N) is 1. The van der Waals surface area contributed by atoms with Crippen molar-refractivity contribution < 1.29 is 9.18 Å². The fourth-order valence-electron chi connectivity index (χ4n) is 1.54. The standard InChI is InChI=1S/C14H9Cl2FN2OS/c15-12-7-10(13(16)21-12)14(20)19-9-3-4-11(17)8(6-9)2-1-5-18/h3-4,6-7H,5,18H2,(H,19,20). The third-order valence-electron chi connectivity index (χ3n) is 2.45. The van der Waals surface area contributed by atoms with Gasteiger partial charge in [0.15, 0.2) is 0 Å². The fraction of sp³-hybridized carbons (Fsp3) is 0.0714. The molecule has 0 bridgehead atoms. The van der Waals surface area contributed by atoms with Gasteiger partial charge in [-0.05, 0) is 24.3 Å². The van der Waals surface area contributed by atoms with Crippen molar-refractivity contribution in [3.63, 3.8) is 0 Å². The van der Waals surface area contributed by atoms with E-state index in [4.69, 9.17) is 28.9 Å². The van der Waals surface area contributed by atoms with E-state index in [1.54, 1.807) is 0 Å². The molecular formula is C14H9Cl2FN2OS. The molecule has 0 atom stereocenters. The van der Waals surface area contributed by atoms with Crippen molar-refractivity contribution in [1.29, 1.82) is 0 Å². The van der Waals surface area contributed by atoms with Crippen LogP contribution in [0.25, 0.3) is 0 Å². The molecule has 0 saturated heterocycles. The van der Waals surface area contributed by atoms with E-state index in [0.717, 1.165) is 11.3 Å². The summed E-state index contributed by atoms with van der Waals surface area (Å²) in [5.41, 5.74) is 6.08. The largest absolute Gasteiger partial charge is 0.322 e. The summed E-state index contributed by atoms with van der Waals surface area (Å²) < 4.78 is 14.2. The predicted octanol–water partition coefficient (Wildman–Crippen LogP) is 3.76. The maximum absolute atomic E-state index is 13.5. The Labute approximate surface area is 134 Å². The summed E-state index contributed by atoms with van der Waals surface area (Å²) in [7, 11) is 0. The Morgan fingerprint density at radius 3 is 2.76 bits per heavy atom. The molecule has 0 unspecified atom stereocenters. The second-order valence-corrected chi connectivity index (χ2v) is 6.18. The number of amides is 1. The molecule has 0 saturated carbocycles. The Morgan fingerprint density at radius 2 is 2.14 bits per heavy atom. The number of anilines is 1. The summed E-state index contributed by atoms with van der Waals surface area (Å²) in [6, 6.07) is 5.56. The van der Waals surface area contributed by atoms with Gasteiger partial charge in [0.25, 0.3) is 5.91 Å². The van der Waals surface area contributed by atoms with Gasteiger partial charge >= 0.3 is 0 Å². The highest BCUT2D eigenvalue weighted by molar-refractivity contribution is 7.20. The first-order chi connectivity index (χ1) is 10.0. The van der Waals surface area contributed by atoms with Crippen molar-refractivity contribution in [3.05, 3.63) is 49.9 Å². The van der Waals surface area contributed by atoms with E-state index >= 15 is 0 Å². The van der Waals surface area contributed by atoms with Crippen LogP contribution in [0.4, 0.5) is 10.1 Å². The highest BCUT2D eigenvalue weighted by Crippen LogP contribution is 2.31. The highest BCUT2D eigenvalue weighted by atomic mass is 35.5. The van der Waals surface area contributed by atoms with Crippen LogP contribution < -0.4 is 11.1 Å². The molecule has 2 aromatic rings. The predicted molar refractivity (Wildman–Crippen MR) is 84.6 cm³/mol. The van der Waals surface area contributed by atoms with Crippen LogP contribution >= 0.6 is 34.5 Å². The first-order valence-electron chi connectivity index (χ1n) is 5.76. The van der Waals surface area contributed by atoms with E-state index in [-0.39, 0.29) is 17.7 Å². The third-order valence-corrected chi connectivity index (χ3v) is 3.94. The minimum Gasteiger partial charge on any atom is -0.322 e. The first-order valence-corrected chi connectivity index (χ1v) is 7.33. The number of thiophene rings is 1. The minimum atomic E-state index is -0.481. The molecule has 0 spiro atoms. The summed E-state index contributed by atoms with van der Waals surface area (Å²) >= 11 is 12.8. The molecule has 1 amide bonds. The lowest BCUT2D eigenvalue weighted by Crippen LogP contribution is -2.11. The molecule has 3 nitrogen and oxygen atoms in total. The molecule has 1 aromatic carbocycles. The van der Waals surface area contributed by atoms with Gasteiger partial charge in [0.05, 0.1) is 22.0 Å². The number of halogens is 3. The molecule has 0 fully saturated rings. The van der Waals surface area contributed by atoms with Crippen molar-refractivity contribution >= 4 is 46.1 Å². The Bertz CT molecular complexity index is 749. The zero-order chi connectivity index (χ0) is 15.4. The van der Waals surface area contributed by atoms with Crippen LogP contribution in [-0.2, 0) is 0 Å². The second kappa shape index (κ2) is 6.92. The number of hydrogen-bond donors (Lipinski definition) is 2. The van der Waals surface area contributed by atoms with Crippen molar-refractivity contribution in [3.8, 4) is 11.8 Å². The van der Waals surface area contributed by atoms with Crippen molar-refractivity contribution in [2.45, 2.75) is 0 Å². The normalized spacial score (nSPS) is 9.90. The van der Waals surface area contributed by atoms with Crippen LogP contribution in [0.2, 0.25) is 8.67 Å². The van der Waals surface area contributed by atoms with Gasteiger partial charge in [0.2, 0.25) is 0 Å². The fourth-order valence-corrected chi connectivity index (χ4v) is 3.00. The summed E-state index contributed by atoms with van der Waals surface area (Å²) in [6.07, 6.45) is 0. The Kier molecular flexibility index (Phi) is 5.21. The average molecular weight is 343 g/mol. The SMILES string of the molecule is NCC#Cc1cc(NC(=O)c2cc(Cl)sc2Cl)ccc1F. The molecule has 1 heterocycles. The van der Waals surface area contributed by atoms with Crippen molar-refractivity contribution in [1.82, 2.24) is 0 Å². The lowest BCUT2D eigenvalue weighted by Gasteiger charge is -2.05. The lowest BCUT2D eigenvalue weighted by atomic mass is 10.2. The van der Waals surface area contributed by atoms with E-state index in [1.807, 2.05) is 0 Å². The van der Waals surface area contributed by atoms with Gasteiger partial charge in [-0.25, -0.2) is 4.39 Å². The average Bonchev–Trinajstić information content (AvgIpc) is 2.78. The van der Waals surface area contributed by atoms with E-state index in [1.165, 1.54) is 24.3 Å². The molecule has 0 aliphatic carbocycles. The molecule has 7 heteroatoms. The number of nitrogens with one attached hydrogen (secondary N) is 1. The van der Waals surface area contributed by atoms with Crippen LogP contribution in [0, 0.1) is 17.7 Å². The van der Waals surface area contributed by atoms with Crippen molar-refractivity contribution in [2.75, 3.05) is 11.9 Å². The van der Waals surface area contributed by atoms with Gasteiger partial charge < -0.3 is 11.1 Å². The molecule has 108 valence electrons. The third kappa shape index (κ3) is 3.96. The summed E-state index contributed by atoms with van der Waals surface area (Å²) in [4.78, 5) is 12.1. The number of carbonyl (C=O) groups is 1. The highest BCUT2D eigenvalue weighted by Gasteiger charge is 2.14. The van der Waals surface area contributed by atoms with E-state index in [0.29, 0.717) is 14.4 Å². The molecule has 0 aliphatic rings. The number of hydrogen-bond acceptors (Lipinski definition) is 3. The zero-order valence-corrected chi connectivity index (χ0v) is 12.9. The van der Waals surface area contributed by atoms with Gasteiger partial charge in [0.1, 0.15) is 10.2 Å². The lowest BCUT2D eigenvalue weighted by molar-refractivity contribution is 0.102. The minimum absolute atomic E-state index is 0.124. The topological polar surface area (TPSA) is 55.1 Å².